The van der Waals surface area contributed by atoms with Crippen molar-refractivity contribution in [2.24, 2.45) is 0 Å². The lowest BCUT2D eigenvalue weighted by Crippen LogP contribution is -2.23. The molecule has 35 heavy (non-hydrogen) atoms. The van der Waals surface area contributed by atoms with E-state index in [9.17, 15) is 10.1 Å². The fourth-order valence-corrected chi connectivity index (χ4v) is 3.54. The van der Waals surface area contributed by atoms with E-state index in [0.717, 1.165) is 16.8 Å². The second-order valence-corrected chi connectivity index (χ2v) is 8.84. The molecule has 0 saturated heterocycles. The summed E-state index contributed by atoms with van der Waals surface area (Å²) in [5, 5.41) is 13.6. The molecule has 0 atom stereocenters. The van der Waals surface area contributed by atoms with E-state index in [-0.39, 0.29) is 11.6 Å². The van der Waals surface area contributed by atoms with Crippen LogP contribution in [0.5, 0.6) is 0 Å². The van der Waals surface area contributed by atoms with Gasteiger partial charge in [-0.1, -0.05) is 17.3 Å². The summed E-state index contributed by atoms with van der Waals surface area (Å²) in [5.41, 5.74) is 10.1. The zero-order chi connectivity index (χ0) is 25.2. The van der Waals surface area contributed by atoms with Gasteiger partial charge in [0.25, 0.3) is 0 Å². The van der Waals surface area contributed by atoms with Crippen molar-refractivity contribution in [2.75, 3.05) is 24.2 Å². The molecule has 0 fully saturated rings. The van der Waals surface area contributed by atoms with Gasteiger partial charge in [0.1, 0.15) is 11.5 Å². The van der Waals surface area contributed by atoms with Crippen molar-refractivity contribution in [1.29, 1.82) is 5.26 Å². The lowest BCUT2D eigenvalue weighted by molar-refractivity contribution is -0.115. The number of hydrogen-bond acceptors (Lipinski definition) is 9. The van der Waals surface area contributed by atoms with Crippen LogP contribution >= 0.6 is 0 Å². The van der Waals surface area contributed by atoms with Crippen molar-refractivity contribution in [1.82, 2.24) is 20.1 Å². The van der Waals surface area contributed by atoms with Gasteiger partial charge in [0, 0.05) is 36.1 Å². The number of nitrogen functional groups attached to an aromatic ring is 1. The van der Waals surface area contributed by atoms with Gasteiger partial charge in [-0.05, 0) is 45.0 Å². The summed E-state index contributed by atoms with van der Waals surface area (Å²) >= 11 is 0. The van der Waals surface area contributed by atoms with Gasteiger partial charge in [0.15, 0.2) is 17.3 Å². The number of carbonyl (C=O) groups is 1. The average Bonchev–Trinajstić information content (AvgIpc) is 3.34. The van der Waals surface area contributed by atoms with E-state index < -0.39 is 5.41 Å². The van der Waals surface area contributed by atoms with E-state index in [2.05, 4.69) is 26.2 Å². The highest BCUT2D eigenvalue weighted by Gasteiger charge is 2.22. The van der Waals surface area contributed by atoms with Crippen molar-refractivity contribution >= 4 is 17.3 Å². The Morgan fingerprint density at radius 3 is 2.54 bits per heavy atom. The van der Waals surface area contributed by atoms with Crippen LogP contribution < -0.4 is 10.6 Å². The summed E-state index contributed by atoms with van der Waals surface area (Å²) in [7, 11) is 1.87. The van der Waals surface area contributed by atoms with Gasteiger partial charge < -0.3 is 15.2 Å². The third kappa shape index (κ3) is 5.01. The Kier molecular flexibility index (Phi) is 6.30. The number of ketones is 1. The number of Topliss-reactive ketones (excluding diaryl/α,β-unsaturated/α-hetero) is 1. The lowest BCUT2D eigenvalue weighted by atomic mass is 9.90. The maximum atomic E-state index is 11.4. The Hall–Kier alpha value is -4.58. The molecule has 0 aliphatic heterocycles. The van der Waals surface area contributed by atoms with Crippen LogP contribution in [0.4, 0.5) is 11.5 Å². The number of nitrogens with two attached hydrogens (primary N) is 1. The molecule has 0 aliphatic carbocycles. The van der Waals surface area contributed by atoms with Gasteiger partial charge in [-0.25, -0.2) is 9.97 Å². The minimum Gasteiger partial charge on any atom is -0.382 e. The molecule has 3 aromatic heterocycles. The van der Waals surface area contributed by atoms with Gasteiger partial charge in [-0.3, -0.25) is 9.78 Å². The first-order chi connectivity index (χ1) is 16.7. The number of nitrogens with zero attached hydrogens (tertiary/aromatic N) is 6. The second-order valence-electron chi connectivity index (χ2n) is 8.84. The fraction of sp³-hybridized carbons (Fsp3) is 0.231. The summed E-state index contributed by atoms with van der Waals surface area (Å²) in [5.74, 6) is 0.691. The largest absolute Gasteiger partial charge is 0.382 e. The van der Waals surface area contributed by atoms with Gasteiger partial charge in [-0.2, -0.15) is 5.26 Å². The number of likely N-dealkylation sites (N-methyl/N-ethyl adjacent to an activating group) is 1. The molecule has 1 aromatic carbocycles. The maximum Gasteiger partial charge on any atom is 0.189 e. The lowest BCUT2D eigenvalue weighted by Gasteiger charge is -2.17. The van der Waals surface area contributed by atoms with E-state index in [0.29, 0.717) is 35.1 Å². The molecule has 0 amide bonds. The number of aromatic nitrogens is 4. The molecule has 4 aromatic rings. The van der Waals surface area contributed by atoms with Crippen LogP contribution in [0.1, 0.15) is 26.5 Å². The summed E-state index contributed by atoms with van der Waals surface area (Å²) in [4.78, 5) is 26.5. The monoisotopic (exact) mass is 467 g/mol. The van der Waals surface area contributed by atoms with Crippen LogP contribution in [0.3, 0.4) is 0 Å². The molecule has 0 unspecified atom stereocenters. The maximum absolute atomic E-state index is 11.4. The first-order valence-electron chi connectivity index (χ1n) is 11.0. The SMILES string of the molecule is CC(=O)CN(C)c1ccc(-c2cc(-c3nc(-c4ccnc(C(C)(C)C#N)c4)cnc3N)on2)cc1. The van der Waals surface area contributed by atoms with Crippen molar-refractivity contribution in [2.45, 2.75) is 26.2 Å². The Morgan fingerprint density at radius 1 is 1.11 bits per heavy atom. The number of benzene rings is 1. The highest BCUT2D eigenvalue weighted by molar-refractivity contribution is 5.81. The quantitative estimate of drug-likeness (QED) is 0.422. The summed E-state index contributed by atoms with van der Waals surface area (Å²) < 4.78 is 5.56. The Morgan fingerprint density at radius 2 is 1.86 bits per heavy atom. The summed E-state index contributed by atoms with van der Waals surface area (Å²) in [6, 6.07) is 15.3. The molecule has 0 aliphatic rings. The Bertz CT molecular complexity index is 1420. The molecular formula is C26H25N7O2. The number of pyridine rings is 1. The van der Waals surface area contributed by atoms with Crippen LogP contribution in [0, 0.1) is 11.3 Å². The average molecular weight is 468 g/mol. The molecule has 4 rings (SSSR count). The third-order valence-corrected chi connectivity index (χ3v) is 5.58. The molecular weight excluding hydrogens is 442 g/mol. The minimum absolute atomic E-state index is 0.0930. The van der Waals surface area contributed by atoms with Crippen molar-refractivity contribution < 1.29 is 9.32 Å². The number of rotatable bonds is 7. The zero-order valence-corrected chi connectivity index (χ0v) is 20.0. The molecule has 176 valence electrons. The number of nitriles is 1. The van der Waals surface area contributed by atoms with Crippen LogP contribution in [-0.2, 0) is 10.2 Å². The molecule has 2 N–H and O–H groups in total. The minimum atomic E-state index is -0.740. The fourth-order valence-electron chi connectivity index (χ4n) is 3.54. The van der Waals surface area contributed by atoms with E-state index in [1.165, 1.54) is 0 Å². The van der Waals surface area contributed by atoms with Gasteiger partial charge in [0.2, 0.25) is 0 Å². The van der Waals surface area contributed by atoms with E-state index >= 15 is 0 Å². The van der Waals surface area contributed by atoms with Gasteiger partial charge in [0.05, 0.1) is 35.6 Å². The van der Waals surface area contributed by atoms with E-state index in [1.54, 1.807) is 31.5 Å². The second kappa shape index (κ2) is 9.35. The predicted octanol–water partition coefficient (Wildman–Crippen LogP) is 4.27. The zero-order valence-electron chi connectivity index (χ0n) is 20.0. The molecule has 0 saturated carbocycles. The number of carbonyl (C=O) groups excluding carboxylic acids is 1. The highest BCUT2D eigenvalue weighted by Crippen LogP contribution is 2.31. The summed E-state index contributed by atoms with van der Waals surface area (Å²) in [6.45, 7) is 5.52. The van der Waals surface area contributed by atoms with Crippen LogP contribution in [0.15, 0.2) is 59.4 Å². The first kappa shape index (κ1) is 23.6. The number of hydrogen-bond donors (Lipinski definition) is 1. The highest BCUT2D eigenvalue weighted by atomic mass is 16.5. The topological polar surface area (TPSA) is 135 Å². The van der Waals surface area contributed by atoms with Gasteiger partial charge >= 0.3 is 0 Å². The molecule has 0 radical (unpaired) electrons. The number of anilines is 2. The molecule has 0 spiro atoms. The standard InChI is InChI=1S/C26H25N7O2/c1-16(34)14-33(4)19-7-5-17(6-8-19)20-12-22(35-32-20)24-25(28)30-13-21(31-24)18-9-10-29-23(11-18)26(2,3)15-27/h5-13H,14H2,1-4H3,(H2,28,30). The van der Waals surface area contributed by atoms with Crippen molar-refractivity contribution in [3.63, 3.8) is 0 Å². The first-order valence-corrected chi connectivity index (χ1v) is 11.0. The Balaban J connectivity index is 1.63. The molecule has 0 bridgehead atoms. The van der Waals surface area contributed by atoms with Gasteiger partial charge in [-0.15, -0.1) is 0 Å². The summed E-state index contributed by atoms with van der Waals surface area (Å²) in [6.07, 6.45) is 3.22. The van der Waals surface area contributed by atoms with Crippen LogP contribution in [-0.4, -0.2) is 39.5 Å². The molecule has 3 heterocycles. The normalized spacial score (nSPS) is 11.2. The van der Waals surface area contributed by atoms with E-state index in [1.807, 2.05) is 56.1 Å². The molecule has 9 heteroatoms. The van der Waals surface area contributed by atoms with E-state index in [4.69, 9.17) is 10.3 Å². The van der Waals surface area contributed by atoms with Crippen LogP contribution in [0.2, 0.25) is 0 Å². The van der Waals surface area contributed by atoms with Crippen molar-refractivity contribution in [3.05, 3.63) is 60.6 Å². The van der Waals surface area contributed by atoms with Crippen LogP contribution in [0.25, 0.3) is 34.0 Å². The predicted molar refractivity (Wildman–Crippen MR) is 133 cm³/mol. The third-order valence-electron chi connectivity index (χ3n) is 5.58. The molecule has 9 nitrogen and oxygen atoms in total. The Labute approximate surface area is 203 Å². The smallest absolute Gasteiger partial charge is 0.189 e. The van der Waals surface area contributed by atoms with Crippen molar-refractivity contribution in [3.8, 4) is 40.0 Å².